The molecule has 0 aliphatic carbocycles. The third-order valence-corrected chi connectivity index (χ3v) is 6.92. The number of rotatable bonds is 5. The van der Waals surface area contributed by atoms with Gasteiger partial charge in [0.1, 0.15) is 0 Å². The molecule has 178 valence electrons. The van der Waals surface area contributed by atoms with Gasteiger partial charge in [-0.15, -0.1) is 0 Å². The summed E-state index contributed by atoms with van der Waals surface area (Å²) in [4.78, 5) is 44.4. The predicted molar refractivity (Wildman–Crippen MR) is 134 cm³/mol. The molecule has 2 heterocycles. The Balaban J connectivity index is 1.24. The highest BCUT2D eigenvalue weighted by atomic mass is 16.2. The Bertz CT molecular complexity index is 1250. The van der Waals surface area contributed by atoms with E-state index in [9.17, 15) is 14.4 Å². The van der Waals surface area contributed by atoms with Gasteiger partial charge in [0.05, 0.1) is 17.7 Å². The summed E-state index contributed by atoms with van der Waals surface area (Å²) in [7, 11) is 0. The van der Waals surface area contributed by atoms with Crippen LogP contribution in [0, 0.1) is 6.92 Å². The van der Waals surface area contributed by atoms with Crippen molar-refractivity contribution in [2.24, 2.45) is 0 Å². The molecule has 0 aromatic heterocycles. The van der Waals surface area contributed by atoms with Crippen LogP contribution in [0.1, 0.15) is 54.2 Å². The molecular formula is C29H29N3O3. The Morgan fingerprint density at radius 3 is 2.23 bits per heavy atom. The monoisotopic (exact) mass is 467 g/mol. The standard InChI is InChI=1S/C29H29N3O3/c1-21-8-2-3-10-24(21)20-30-14-7-15-31(17-16-30)27(33)23-11-6-9-22(18-23)19-32-28(34)25-12-4-5-13-26(25)29(32)35/h2-6,8-13,18H,7,14-17,19-20H2,1H3. The minimum atomic E-state index is -0.288. The van der Waals surface area contributed by atoms with Gasteiger partial charge in [-0.25, -0.2) is 0 Å². The minimum Gasteiger partial charge on any atom is -0.337 e. The van der Waals surface area contributed by atoms with Crippen molar-refractivity contribution in [1.82, 2.24) is 14.7 Å². The number of imide groups is 1. The van der Waals surface area contributed by atoms with E-state index in [4.69, 9.17) is 0 Å². The number of hydrogen-bond acceptors (Lipinski definition) is 4. The van der Waals surface area contributed by atoms with Gasteiger partial charge in [-0.05, 0) is 54.3 Å². The normalized spacial score (nSPS) is 16.4. The van der Waals surface area contributed by atoms with E-state index in [0.29, 0.717) is 29.8 Å². The van der Waals surface area contributed by atoms with E-state index in [2.05, 4.69) is 36.1 Å². The molecule has 0 N–H and O–H groups in total. The number of carbonyl (C=O) groups is 3. The summed E-state index contributed by atoms with van der Waals surface area (Å²) in [5.41, 5.74) is 4.84. The first-order valence-electron chi connectivity index (χ1n) is 12.1. The number of amides is 3. The Morgan fingerprint density at radius 2 is 1.49 bits per heavy atom. The second-order valence-corrected chi connectivity index (χ2v) is 9.29. The van der Waals surface area contributed by atoms with Gasteiger partial charge in [-0.1, -0.05) is 48.5 Å². The fourth-order valence-electron chi connectivity index (χ4n) is 4.91. The maximum absolute atomic E-state index is 13.3. The van der Waals surface area contributed by atoms with E-state index >= 15 is 0 Å². The van der Waals surface area contributed by atoms with Crippen LogP contribution in [0.4, 0.5) is 0 Å². The Hall–Kier alpha value is -3.77. The SMILES string of the molecule is Cc1ccccc1CN1CCCN(C(=O)c2cccc(CN3C(=O)c4ccccc4C3=O)c2)CC1. The van der Waals surface area contributed by atoms with E-state index in [-0.39, 0.29) is 24.3 Å². The zero-order chi connectivity index (χ0) is 24.4. The first-order valence-corrected chi connectivity index (χ1v) is 12.1. The smallest absolute Gasteiger partial charge is 0.261 e. The van der Waals surface area contributed by atoms with Crippen LogP contribution in [-0.4, -0.2) is 58.6 Å². The van der Waals surface area contributed by atoms with Gasteiger partial charge in [0.25, 0.3) is 17.7 Å². The molecule has 6 heteroatoms. The van der Waals surface area contributed by atoms with Crippen LogP contribution in [-0.2, 0) is 13.1 Å². The highest BCUT2D eigenvalue weighted by Gasteiger charge is 2.35. The third-order valence-electron chi connectivity index (χ3n) is 6.92. The van der Waals surface area contributed by atoms with Crippen LogP contribution in [0.25, 0.3) is 0 Å². The molecule has 3 aromatic carbocycles. The summed E-state index contributed by atoms with van der Waals surface area (Å²) in [5.74, 6) is -0.584. The molecule has 0 radical (unpaired) electrons. The molecule has 2 aliphatic heterocycles. The Kier molecular flexibility index (Phi) is 6.47. The van der Waals surface area contributed by atoms with Crippen LogP contribution in [0.15, 0.2) is 72.8 Å². The average Bonchev–Trinajstić information content (AvgIpc) is 3.02. The summed E-state index contributed by atoms with van der Waals surface area (Å²) in [6.45, 7) is 6.35. The van der Waals surface area contributed by atoms with E-state index in [1.54, 1.807) is 24.3 Å². The fourth-order valence-corrected chi connectivity index (χ4v) is 4.91. The van der Waals surface area contributed by atoms with E-state index in [0.717, 1.165) is 31.6 Å². The first-order chi connectivity index (χ1) is 17.0. The molecule has 6 nitrogen and oxygen atoms in total. The largest absolute Gasteiger partial charge is 0.337 e. The zero-order valence-corrected chi connectivity index (χ0v) is 19.9. The second-order valence-electron chi connectivity index (χ2n) is 9.29. The zero-order valence-electron chi connectivity index (χ0n) is 19.9. The van der Waals surface area contributed by atoms with Crippen LogP contribution in [0.5, 0.6) is 0 Å². The Labute approximate surface area is 205 Å². The van der Waals surface area contributed by atoms with Crippen molar-refractivity contribution in [2.75, 3.05) is 26.2 Å². The molecule has 0 unspecified atom stereocenters. The van der Waals surface area contributed by atoms with Crippen molar-refractivity contribution in [1.29, 1.82) is 0 Å². The molecule has 0 spiro atoms. The maximum Gasteiger partial charge on any atom is 0.261 e. The number of hydrogen-bond donors (Lipinski definition) is 0. The fraction of sp³-hybridized carbons (Fsp3) is 0.276. The molecule has 1 fully saturated rings. The number of fused-ring (bicyclic) bond motifs is 1. The maximum atomic E-state index is 13.3. The van der Waals surface area contributed by atoms with E-state index in [1.165, 1.54) is 16.0 Å². The molecule has 1 saturated heterocycles. The van der Waals surface area contributed by atoms with Crippen LogP contribution in [0.3, 0.4) is 0 Å². The summed E-state index contributed by atoms with van der Waals surface area (Å²) in [6, 6.07) is 22.6. The highest BCUT2D eigenvalue weighted by Crippen LogP contribution is 2.24. The highest BCUT2D eigenvalue weighted by molar-refractivity contribution is 6.21. The summed E-state index contributed by atoms with van der Waals surface area (Å²) < 4.78 is 0. The lowest BCUT2D eigenvalue weighted by molar-refractivity contribution is 0.0642. The first kappa shape index (κ1) is 23.0. The molecule has 3 aromatic rings. The summed E-state index contributed by atoms with van der Waals surface area (Å²) >= 11 is 0. The molecule has 0 atom stereocenters. The average molecular weight is 468 g/mol. The molecule has 35 heavy (non-hydrogen) atoms. The van der Waals surface area contributed by atoms with Crippen molar-refractivity contribution in [3.63, 3.8) is 0 Å². The van der Waals surface area contributed by atoms with Crippen molar-refractivity contribution in [3.8, 4) is 0 Å². The van der Waals surface area contributed by atoms with E-state index < -0.39 is 0 Å². The van der Waals surface area contributed by atoms with Crippen molar-refractivity contribution >= 4 is 17.7 Å². The number of aryl methyl sites for hydroxylation is 1. The minimum absolute atomic E-state index is 0.00745. The van der Waals surface area contributed by atoms with Crippen molar-refractivity contribution in [2.45, 2.75) is 26.4 Å². The topological polar surface area (TPSA) is 60.9 Å². The number of carbonyl (C=O) groups excluding carboxylic acids is 3. The molecule has 3 amide bonds. The van der Waals surface area contributed by atoms with Crippen LogP contribution in [0.2, 0.25) is 0 Å². The lowest BCUT2D eigenvalue weighted by atomic mass is 10.1. The number of benzene rings is 3. The quantitative estimate of drug-likeness (QED) is 0.529. The van der Waals surface area contributed by atoms with Gasteiger partial charge in [0.15, 0.2) is 0 Å². The van der Waals surface area contributed by atoms with Crippen molar-refractivity contribution < 1.29 is 14.4 Å². The van der Waals surface area contributed by atoms with Crippen molar-refractivity contribution in [3.05, 3.63) is 106 Å². The molecular weight excluding hydrogens is 438 g/mol. The van der Waals surface area contributed by atoms with Gasteiger partial charge < -0.3 is 4.90 Å². The van der Waals surface area contributed by atoms with Gasteiger partial charge in [0.2, 0.25) is 0 Å². The Morgan fingerprint density at radius 1 is 0.771 bits per heavy atom. The summed E-state index contributed by atoms with van der Waals surface area (Å²) in [5, 5.41) is 0. The third kappa shape index (κ3) is 4.75. The van der Waals surface area contributed by atoms with Gasteiger partial charge in [0, 0.05) is 38.3 Å². The van der Waals surface area contributed by atoms with Crippen LogP contribution >= 0.6 is 0 Å². The molecule has 2 aliphatic rings. The van der Waals surface area contributed by atoms with Gasteiger partial charge in [-0.3, -0.25) is 24.2 Å². The molecule has 5 rings (SSSR count). The lowest BCUT2D eigenvalue weighted by Gasteiger charge is -2.23. The van der Waals surface area contributed by atoms with Gasteiger partial charge >= 0.3 is 0 Å². The van der Waals surface area contributed by atoms with E-state index in [1.807, 2.05) is 29.2 Å². The molecule has 0 bridgehead atoms. The lowest BCUT2D eigenvalue weighted by Crippen LogP contribution is -2.35. The predicted octanol–water partition coefficient (Wildman–Crippen LogP) is 4.14. The second kappa shape index (κ2) is 9.84. The van der Waals surface area contributed by atoms with Gasteiger partial charge in [-0.2, -0.15) is 0 Å². The summed E-state index contributed by atoms with van der Waals surface area (Å²) in [6.07, 6.45) is 0.923. The number of nitrogens with zero attached hydrogens (tertiary/aromatic N) is 3. The molecule has 0 saturated carbocycles. The van der Waals surface area contributed by atoms with Crippen LogP contribution < -0.4 is 0 Å².